The molecule has 2 rings (SSSR count). The maximum atomic E-state index is 3.68. The Hall–Kier alpha value is -0.470. The Morgan fingerprint density at radius 1 is 1.19 bits per heavy atom. The number of hydrogen-bond acceptors (Lipinski definition) is 2. The molecule has 1 aromatic rings. The van der Waals surface area contributed by atoms with Gasteiger partial charge in [-0.3, -0.25) is 0 Å². The van der Waals surface area contributed by atoms with E-state index in [0.717, 1.165) is 30.8 Å². The lowest BCUT2D eigenvalue weighted by atomic mass is 9.75. The van der Waals surface area contributed by atoms with E-state index < -0.39 is 0 Å². The minimum atomic E-state index is 0.367. The number of rotatable bonds is 6. The van der Waals surface area contributed by atoms with E-state index >= 15 is 0 Å². The van der Waals surface area contributed by atoms with Crippen molar-refractivity contribution < 1.29 is 0 Å². The van der Waals surface area contributed by atoms with E-state index in [2.05, 4.69) is 64.2 Å². The minimum Gasteiger partial charge on any atom is -0.316 e. The van der Waals surface area contributed by atoms with Crippen molar-refractivity contribution in [1.29, 1.82) is 0 Å². The zero-order valence-corrected chi connectivity index (χ0v) is 15.1. The Morgan fingerprint density at radius 2 is 1.90 bits per heavy atom. The van der Waals surface area contributed by atoms with Crippen LogP contribution in [0.25, 0.3) is 0 Å². The standard InChI is InChI=1S/C19H31NS/c1-14(2)11-20-12-16(19(3,4)5)10-15-13-21-18-9-7-6-8-17(15)18/h6-9,14-16,20H,10-13H2,1-5H3. The van der Waals surface area contributed by atoms with Crippen molar-refractivity contribution in [1.82, 2.24) is 5.32 Å². The first-order chi connectivity index (χ1) is 9.88. The van der Waals surface area contributed by atoms with Crippen molar-refractivity contribution in [2.45, 2.75) is 51.9 Å². The smallest absolute Gasteiger partial charge is 0.0107 e. The Kier molecular flexibility index (Phi) is 5.79. The van der Waals surface area contributed by atoms with Crippen LogP contribution in [0.5, 0.6) is 0 Å². The average molecular weight is 306 g/mol. The fourth-order valence-electron chi connectivity index (χ4n) is 3.06. The molecule has 2 heteroatoms. The molecule has 0 amide bonds. The van der Waals surface area contributed by atoms with E-state index in [1.165, 1.54) is 17.1 Å². The van der Waals surface area contributed by atoms with E-state index in [1.807, 2.05) is 11.8 Å². The lowest BCUT2D eigenvalue weighted by Crippen LogP contribution is -2.34. The van der Waals surface area contributed by atoms with Gasteiger partial charge in [-0.25, -0.2) is 0 Å². The van der Waals surface area contributed by atoms with Crippen LogP contribution in [-0.2, 0) is 0 Å². The molecule has 2 unspecified atom stereocenters. The van der Waals surface area contributed by atoms with Gasteiger partial charge in [-0.15, -0.1) is 11.8 Å². The highest BCUT2D eigenvalue weighted by Gasteiger charge is 2.31. The van der Waals surface area contributed by atoms with Gasteiger partial charge in [0.25, 0.3) is 0 Å². The molecule has 0 fully saturated rings. The molecule has 0 bridgehead atoms. The summed E-state index contributed by atoms with van der Waals surface area (Å²) in [5.74, 6) is 3.45. The molecule has 1 aliphatic rings. The third-order valence-electron chi connectivity index (χ3n) is 4.54. The molecule has 0 saturated carbocycles. The summed E-state index contributed by atoms with van der Waals surface area (Å²) in [7, 11) is 0. The van der Waals surface area contributed by atoms with Crippen molar-refractivity contribution in [2.24, 2.45) is 17.3 Å². The van der Waals surface area contributed by atoms with Gasteiger partial charge in [0.2, 0.25) is 0 Å². The molecule has 1 aliphatic heterocycles. The molecule has 21 heavy (non-hydrogen) atoms. The van der Waals surface area contributed by atoms with E-state index in [1.54, 1.807) is 5.56 Å². The van der Waals surface area contributed by atoms with Gasteiger partial charge >= 0.3 is 0 Å². The first-order valence-electron chi connectivity index (χ1n) is 8.30. The first-order valence-corrected chi connectivity index (χ1v) is 9.29. The second-order valence-corrected chi connectivity index (χ2v) is 8.96. The highest BCUT2D eigenvalue weighted by molar-refractivity contribution is 7.99. The van der Waals surface area contributed by atoms with Crippen LogP contribution in [0.1, 0.15) is 52.5 Å². The third kappa shape index (κ3) is 4.75. The Bertz CT molecular complexity index is 447. The first kappa shape index (κ1) is 16.9. The van der Waals surface area contributed by atoms with Crippen molar-refractivity contribution in [3.63, 3.8) is 0 Å². The number of thioether (sulfide) groups is 1. The molecule has 0 radical (unpaired) electrons. The van der Waals surface area contributed by atoms with Crippen LogP contribution in [0.2, 0.25) is 0 Å². The van der Waals surface area contributed by atoms with Crippen molar-refractivity contribution in [2.75, 3.05) is 18.8 Å². The molecule has 0 spiro atoms. The van der Waals surface area contributed by atoms with E-state index in [-0.39, 0.29) is 0 Å². The van der Waals surface area contributed by atoms with Gasteiger partial charge in [0.05, 0.1) is 0 Å². The summed E-state index contributed by atoms with van der Waals surface area (Å²) in [6, 6.07) is 8.98. The molecule has 1 N–H and O–H groups in total. The fourth-order valence-corrected chi connectivity index (χ4v) is 4.33. The lowest BCUT2D eigenvalue weighted by molar-refractivity contribution is 0.208. The van der Waals surface area contributed by atoms with Gasteiger partial charge in [0, 0.05) is 10.6 Å². The minimum absolute atomic E-state index is 0.367. The largest absolute Gasteiger partial charge is 0.316 e. The van der Waals surface area contributed by atoms with Gasteiger partial charge in [-0.2, -0.15) is 0 Å². The number of benzene rings is 1. The quantitative estimate of drug-likeness (QED) is 0.777. The van der Waals surface area contributed by atoms with E-state index in [4.69, 9.17) is 0 Å². The average Bonchev–Trinajstić information content (AvgIpc) is 2.79. The highest BCUT2D eigenvalue weighted by Crippen LogP contribution is 2.44. The molecular weight excluding hydrogens is 274 g/mol. The molecular formula is C19H31NS. The van der Waals surface area contributed by atoms with Gasteiger partial charge in [0.1, 0.15) is 0 Å². The van der Waals surface area contributed by atoms with E-state index in [9.17, 15) is 0 Å². The Morgan fingerprint density at radius 3 is 2.57 bits per heavy atom. The van der Waals surface area contributed by atoms with Crippen LogP contribution < -0.4 is 5.32 Å². The highest BCUT2D eigenvalue weighted by atomic mass is 32.2. The molecule has 0 aromatic heterocycles. The summed E-state index contributed by atoms with van der Waals surface area (Å²) < 4.78 is 0. The van der Waals surface area contributed by atoms with Crippen LogP contribution in [-0.4, -0.2) is 18.8 Å². The predicted molar refractivity (Wildman–Crippen MR) is 95.2 cm³/mol. The van der Waals surface area contributed by atoms with Gasteiger partial charge in [-0.1, -0.05) is 52.8 Å². The van der Waals surface area contributed by atoms with Crippen molar-refractivity contribution >= 4 is 11.8 Å². The zero-order chi connectivity index (χ0) is 15.5. The van der Waals surface area contributed by atoms with Crippen molar-refractivity contribution in [3.8, 4) is 0 Å². The number of hydrogen-bond donors (Lipinski definition) is 1. The van der Waals surface area contributed by atoms with Crippen LogP contribution in [0.4, 0.5) is 0 Å². The monoisotopic (exact) mass is 305 g/mol. The fraction of sp³-hybridized carbons (Fsp3) is 0.684. The van der Waals surface area contributed by atoms with Gasteiger partial charge in [-0.05, 0) is 54.3 Å². The molecule has 0 aliphatic carbocycles. The Balaban J connectivity index is 1.99. The predicted octanol–water partition coefficient (Wildman–Crippen LogP) is 5.17. The SMILES string of the molecule is CC(C)CNCC(CC1CSc2ccccc21)C(C)(C)C. The molecule has 0 saturated heterocycles. The van der Waals surface area contributed by atoms with Crippen LogP contribution in [0.15, 0.2) is 29.2 Å². The van der Waals surface area contributed by atoms with E-state index in [0.29, 0.717) is 5.41 Å². The summed E-state index contributed by atoms with van der Waals surface area (Å²) in [4.78, 5) is 1.50. The van der Waals surface area contributed by atoms with Crippen molar-refractivity contribution in [3.05, 3.63) is 29.8 Å². The molecule has 118 valence electrons. The van der Waals surface area contributed by atoms with Crippen LogP contribution in [0, 0.1) is 17.3 Å². The van der Waals surface area contributed by atoms with Crippen LogP contribution in [0.3, 0.4) is 0 Å². The molecule has 1 nitrogen and oxygen atoms in total. The number of fused-ring (bicyclic) bond motifs is 1. The summed E-state index contributed by atoms with van der Waals surface area (Å²) >= 11 is 2.04. The van der Waals surface area contributed by atoms with Gasteiger partial charge < -0.3 is 5.32 Å². The lowest BCUT2D eigenvalue weighted by Gasteiger charge is -2.33. The summed E-state index contributed by atoms with van der Waals surface area (Å²) in [5, 5.41) is 3.68. The summed E-state index contributed by atoms with van der Waals surface area (Å²) in [6.45, 7) is 14.0. The zero-order valence-electron chi connectivity index (χ0n) is 14.3. The topological polar surface area (TPSA) is 12.0 Å². The summed E-state index contributed by atoms with van der Waals surface area (Å²) in [5.41, 5.74) is 1.95. The van der Waals surface area contributed by atoms with Crippen LogP contribution >= 0.6 is 11.8 Å². The number of nitrogens with one attached hydrogen (secondary N) is 1. The molecule has 1 aromatic carbocycles. The van der Waals surface area contributed by atoms with Gasteiger partial charge in [0.15, 0.2) is 0 Å². The molecule has 2 atom stereocenters. The second-order valence-electron chi connectivity index (χ2n) is 7.90. The molecule has 1 heterocycles. The third-order valence-corrected chi connectivity index (χ3v) is 5.79. The Labute approximate surface area is 135 Å². The maximum absolute atomic E-state index is 3.68. The maximum Gasteiger partial charge on any atom is 0.0107 e. The second kappa shape index (κ2) is 7.19. The summed E-state index contributed by atoms with van der Waals surface area (Å²) in [6.07, 6.45) is 1.30. The normalized spacial score (nSPS) is 19.8.